The standard InChI is InChI=1S/C18H36N4O4/c1-3-4-16(2)18(24)22-9-7-21(8-10-22)15-17(23)20-6-12-26-14-13-25-11-5-19/h16H,3-15,19H2,1-2H3,(H,20,23). The van der Waals surface area contributed by atoms with Crippen molar-refractivity contribution in [3.8, 4) is 0 Å². The molecule has 0 aromatic carbocycles. The van der Waals surface area contributed by atoms with E-state index in [1.54, 1.807) is 0 Å². The topological polar surface area (TPSA) is 97.1 Å². The van der Waals surface area contributed by atoms with Crippen LogP contribution in [0.2, 0.25) is 0 Å². The summed E-state index contributed by atoms with van der Waals surface area (Å²) >= 11 is 0. The summed E-state index contributed by atoms with van der Waals surface area (Å²) in [5.41, 5.74) is 5.31. The molecule has 26 heavy (non-hydrogen) atoms. The first kappa shape index (κ1) is 22.8. The van der Waals surface area contributed by atoms with E-state index >= 15 is 0 Å². The number of hydrogen-bond acceptors (Lipinski definition) is 6. The number of nitrogens with zero attached hydrogens (tertiary/aromatic N) is 2. The SMILES string of the molecule is CCCC(C)C(=O)N1CCN(CC(=O)NCCOCCOCCN)CC1. The van der Waals surface area contributed by atoms with E-state index in [0.29, 0.717) is 59.2 Å². The lowest BCUT2D eigenvalue weighted by atomic mass is 10.0. The van der Waals surface area contributed by atoms with Gasteiger partial charge in [0.25, 0.3) is 0 Å². The second kappa shape index (κ2) is 13.9. The van der Waals surface area contributed by atoms with Crippen LogP contribution in [0.5, 0.6) is 0 Å². The Morgan fingerprint density at radius 1 is 1.08 bits per heavy atom. The number of ether oxygens (including phenoxy) is 2. The smallest absolute Gasteiger partial charge is 0.234 e. The Morgan fingerprint density at radius 2 is 1.73 bits per heavy atom. The third kappa shape index (κ3) is 9.47. The first-order valence-corrected chi connectivity index (χ1v) is 9.71. The maximum Gasteiger partial charge on any atom is 0.234 e. The monoisotopic (exact) mass is 372 g/mol. The maximum absolute atomic E-state index is 12.3. The summed E-state index contributed by atoms with van der Waals surface area (Å²) in [4.78, 5) is 28.3. The van der Waals surface area contributed by atoms with Crippen LogP contribution in [0.25, 0.3) is 0 Å². The highest BCUT2D eigenvalue weighted by Crippen LogP contribution is 2.12. The number of rotatable bonds is 13. The zero-order valence-corrected chi connectivity index (χ0v) is 16.4. The second-order valence-electron chi connectivity index (χ2n) is 6.65. The molecule has 1 saturated heterocycles. The molecule has 0 aromatic heterocycles. The molecule has 0 saturated carbocycles. The lowest BCUT2D eigenvalue weighted by Gasteiger charge is -2.35. The van der Waals surface area contributed by atoms with Crippen LogP contribution in [0.4, 0.5) is 0 Å². The number of nitrogens with two attached hydrogens (primary N) is 1. The maximum atomic E-state index is 12.3. The van der Waals surface area contributed by atoms with Gasteiger partial charge in [-0.25, -0.2) is 0 Å². The molecule has 1 atom stereocenters. The highest BCUT2D eigenvalue weighted by Gasteiger charge is 2.25. The van der Waals surface area contributed by atoms with Gasteiger partial charge in [0.15, 0.2) is 0 Å². The second-order valence-corrected chi connectivity index (χ2v) is 6.65. The lowest BCUT2D eigenvalue weighted by molar-refractivity contribution is -0.137. The fourth-order valence-corrected chi connectivity index (χ4v) is 2.92. The number of amides is 2. The van der Waals surface area contributed by atoms with E-state index in [9.17, 15) is 9.59 Å². The molecular weight excluding hydrogens is 336 g/mol. The van der Waals surface area contributed by atoms with E-state index in [1.165, 1.54) is 0 Å². The first-order chi connectivity index (χ1) is 12.6. The number of piperazine rings is 1. The van der Waals surface area contributed by atoms with Crippen LogP contribution < -0.4 is 11.1 Å². The molecule has 0 radical (unpaired) electrons. The molecule has 1 unspecified atom stereocenters. The molecule has 0 aliphatic carbocycles. The largest absolute Gasteiger partial charge is 0.378 e. The van der Waals surface area contributed by atoms with Gasteiger partial charge >= 0.3 is 0 Å². The van der Waals surface area contributed by atoms with Gasteiger partial charge in [-0.2, -0.15) is 0 Å². The van der Waals surface area contributed by atoms with E-state index in [2.05, 4.69) is 17.1 Å². The van der Waals surface area contributed by atoms with Gasteiger partial charge in [-0.1, -0.05) is 20.3 Å². The molecule has 1 fully saturated rings. The Hall–Kier alpha value is -1.22. The van der Waals surface area contributed by atoms with Gasteiger partial charge in [-0.3, -0.25) is 14.5 Å². The van der Waals surface area contributed by atoms with Crippen LogP contribution in [-0.2, 0) is 19.1 Å². The fourth-order valence-electron chi connectivity index (χ4n) is 2.92. The van der Waals surface area contributed by atoms with Crippen molar-refractivity contribution in [2.24, 2.45) is 11.7 Å². The van der Waals surface area contributed by atoms with Gasteiger partial charge in [0.2, 0.25) is 11.8 Å². The van der Waals surface area contributed by atoms with Crippen molar-refractivity contribution in [3.05, 3.63) is 0 Å². The number of hydrogen-bond donors (Lipinski definition) is 2. The van der Waals surface area contributed by atoms with E-state index in [1.807, 2.05) is 11.8 Å². The Balaban J connectivity index is 2.07. The van der Waals surface area contributed by atoms with Gasteiger partial charge in [0, 0.05) is 45.2 Å². The Labute approximate surface area is 157 Å². The van der Waals surface area contributed by atoms with E-state index in [-0.39, 0.29) is 17.7 Å². The number of nitrogens with one attached hydrogen (secondary N) is 1. The van der Waals surface area contributed by atoms with Crippen molar-refractivity contribution in [3.63, 3.8) is 0 Å². The van der Waals surface area contributed by atoms with E-state index in [4.69, 9.17) is 15.2 Å². The van der Waals surface area contributed by atoms with E-state index < -0.39 is 0 Å². The van der Waals surface area contributed by atoms with Gasteiger partial charge < -0.3 is 25.4 Å². The first-order valence-electron chi connectivity index (χ1n) is 9.71. The normalized spacial score (nSPS) is 16.5. The van der Waals surface area contributed by atoms with Crippen molar-refractivity contribution in [2.75, 3.05) is 72.2 Å². The molecule has 1 aliphatic heterocycles. The summed E-state index contributed by atoms with van der Waals surface area (Å²) in [6.45, 7) is 10.4. The average molecular weight is 373 g/mol. The van der Waals surface area contributed by atoms with Crippen molar-refractivity contribution in [1.29, 1.82) is 0 Å². The minimum absolute atomic E-state index is 0.00731. The van der Waals surface area contributed by atoms with Gasteiger partial charge in [-0.15, -0.1) is 0 Å². The van der Waals surface area contributed by atoms with Crippen LogP contribution in [0.15, 0.2) is 0 Å². The molecule has 152 valence electrons. The number of carbonyl (C=O) groups excluding carboxylic acids is 2. The predicted molar refractivity (Wildman–Crippen MR) is 101 cm³/mol. The zero-order chi connectivity index (χ0) is 19.2. The summed E-state index contributed by atoms with van der Waals surface area (Å²) in [7, 11) is 0. The molecule has 1 heterocycles. The quantitative estimate of drug-likeness (QED) is 0.430. The van der Waals surface area contributed by atoms with Gasteiger partial charge in [0.05, 0.1) is 33.0 Å². The third-order valence-electron chi connectivity index (χ3n) is 4.40. The molecule has 2 amide bonds. The Bertz CT molecular complexity index is 401. The molecule has 0 bridgehead atoms. The molecule has 3 N–H and O–H groups in total. The Kier molecular flexibility index (Phi) is 12.2. The molecule has 1 aliphatic rings. The molecule has 8 nitrogen and oxygen atoms in total. The summed E-state index contributed by atoms with van der Waals surface area (Å²) < 4.78 is 10.6. The summed E-state index contributed by atoms with van der Waals surface area (Å²) in [5, 5.41) is 2.85. The molecule has 0 aromatic rings. The molecule has 1 rings (SSSR count). The van der Waals surface area contributed by atoms with E-state index in [0.717, 1.165) is 25.9 Å². The summed E-state index contributed by atoms with van der Waals surface area (Å²) in [5.74, 6) is 0.325. The van der Waals surface area contributed by atoms with Crippen LogP contribution >= 0.6 is 0 Å². The van der Waals surface area contributed by atoms with Crippen molar-refractivity contribution in [2.45, 2.75) is 26.7 Å². The predicted octanol–water partition coefficient (Wildman–Crippen LogP) is -0.325. The minimum atomic E-state index is -0.00731. The van der Waals surface area contributed by atoms with Gasteiger partial charge in [-0.05, 0) is 6.42 Å². The lowest BCUT2D eigenvalue weighted by Crippen LogP contribution is -2.52. The fraction of sp³-hybridized carbons (Fsp3) is 0.889. The van der Waals surface area contributed by atoms with Crippen molar-refractivity contribution in [1.82, 2.24) is 15.1 Å². The summed E-state index contributed by atoms with van der Waals surface area (Å²) in [6, 6.07) is 0. The summed E-state index contributed by atoms with van der Waals surface area (Å²) in [6.07, 6.45) is 1.96. The van der Waals surface area contributed by atoms with Crippen LogP contribution in [0.3, 0.4) is 0 Å². The minimum Gasteiger partial charge on any atom is -0.378 e. The van der Waals surface area contributed by atoms with Crippen molar-refractivity contribution >= 4 is 11.8 Å². The number of carbonyl (C=O) groups is 2. The average Bonchev–Trinajstić information content (AvgIpc) is 2.64. The highest BCUT2D eigenvalue weighted by molar-refractivity contribution is 5.79. The van der Waals surface area contributed by atoms with Crippen LogP contribution in [0, 0.1) is 5.92 Å². The highest BCUT2D eigenvalue weighted by atomic mass is 16.5. The van der Waals surface area contributed by atoms with Crippen LogP contribution in [-0.4, -0.2) is 93.9 Å². The molecule has 0 spiro atoms. The Morgan fingerprint density at radius 3 is 2.35 bits per heavy atom. The van der Waals surface area contributed by atoms with Gasteiger partial charge in [0.1, 0.15) is 0 Å². The molecular formula is C18H36N4O4. The zero-order valence-electron chi connectivity index (χ0n) is 16.4. The van der Waals surface area contributed by atoms with Crippen molar-refractivity contribution < 1.29 is 19.1 Å². The van der Waals surface area contributed by atoms with Crippen LogP contribution in [0.1, 0.15) is 26.7 Å². The molecule has 8 heteroatoms. The third-order valence-corrected chi connectivity index (χ3v) is 4.40.